The van der Waals surface area contributed by atoms with Crippen LogP contribution in [0.4, 0.5) is 26.3 Å². The van der Waals surface area contributed by atoms with Crippen LogP contribution in [0.2, 0.25) is 0 Å². The number of carbonyl (C=O) groups is 2. The Bertz CT molecular complexity index is 1370. The third-order valence-electron chi connectivity index (χ3n) is 5.90. The highest BCUT2D eigenvalue weighted by Gasteiger charge is 2.38. The minimum absolute atomic E-state index is 0.0759. The van der Waals surface area contributed by atoms with E-state index in [1.807, 2.05) is 0 Å². The molecule has 3 aromatic rings. The second-order valence-electron chi connectivity index (χ2n) is 8.69. The summed E-state index contributed by atoms with van der Waals surface area (Å²) in [6, 6.07) is 7.47. The summed E-state index contributed by atoms with van der Waals surface area (Å²) >= 11 is 0. The first-order valence-electron chi connectivity index (χ1n) is 11.7. The molecule has 38 heavy (non-hydrogen) atoms. The molecule has 0 atom stereocenters. The molecule has 0 aliphatic rings. The van der Waals surface area contributed by atoms with Gasteiger partial charge in [0.05, 0.1) is 23.4 Å². The molecule has 0 aliphatic heterocycles. The zero-order valence-electron chi connectivity index (χ0n) is 20.8. The number of ketones is 1. The second-order valence-corrected chi connectivity index (χ2v) is 8.69. The van der Waals surface area contributed by atoms with Gasteiger partial charge in [-0.2, -0.15) is 26.3 Å². The van der Waals surface area contributed by atoms with Crippen LogP contribution in [0.15, 0.2) is 47.3 Å². The number of carbonyl (C=O) groups excluding carboxylic acids is 2. The van der Waals surface area contributed by atoms with Crippen molar-refractivity contribution in [3.63, 3.8) is 0 Å². The highest BCUT2D eigenvalue weighted by atomic mass is 19.4. The van der Waals surface area contributed by atoms with Gasteiger partial charge in [0.15, 0.2) is 5.78 Å². The van der Waals surface area contributed by atoms with E-state index < -0.39 is 52.8 Å². The van der Waals surface area contributed by atoms with E-state index in [1.54, 1.807) is 45.0 Å². The first-order valence-corrected chi connectivity index (χ1v) is 11.7. The third-order valence-corrected chi connectivity index (χ3v) is 5.90. The van der Waals surface area contributed by atoms with Crippen LogP contribution in [0.5, 0.6) is 0 Å². The number of Topliss-reactive ketones (excluding diaryl/α,β-unsaturated/α-hetero) is 1. The summed E-state index contributed by atoms with van der Waals surface area (Å²) in [5.74, 6) is -1.98. The highest BCUT2D eigenvalue weighted by molar-refractivity contribution is 6.02. The summed E-state index contributed by atoms with van der Waals surface area (Å²) in [4.78, 5) is 40.4. The number of nitrogens with one attached hydrogen (secondary N) is 1. The van der Waals surface area contributed by atoms with Crippen LogP contribution in [0.25, 0.3) is 5.69 Å². The topological polar surface area (TPSA) is 75.2 Å². The molecule has 3 rings (SSSR count). The number of aromatic amines is 1. The molecule has 0 bridgehead atoms. The molecule has 0 saturated carbocycles. The number of amides is 1. The number of rotatable bonds is 8. The van der Waals surface area contributed by atoms with Gasteiger partial charge in [-0.05, 0) is 49.6 Å². The van der Waals surface area contributed by atoms with Gasteiger partial charge in [-0.25, -0.2) is 4.68 Å². The maximum atomic E-state index is 13.3. The monoisotopic (exact) mass is 541 g/mol. The van der Waals surface area contributed by atoms with Gasteiger partial charge >= 0.3 is 12.4 Å². The zero-order valence-corrected chi connectivity index (χ0v) is 20.8. The van der Waals surface area contributed by atoms with Crippen molar-refractivity contribution in [3.05, 3.63) is 86.3 Å². The molecule has 1 heterocycles. The van der Waals surface area contributed by atoms with E-state index in [1.165, 1.54) is 4.68 Å². The van der Waals surface area contributed by atoms with Gasteiger partial charge in [0.2, 0.25) is 0 Å². The highest BCUT2D eigenvalue weighted by Crippen LogP contribution is 2.36. The number of benzene rings is 2. The lowest BCUT2D eigenvalue weighted by Crippen LogP contribution is -2.38. The normalized spacial score (nSPS) is 12.0. The first-order chi connectivity index (χ1) is 17.7. The fraction of sp³-hybridized carbons (Fsp3) is 0.346. The van der Waals surface area contributed by atoms with E-state index in [-0.39, 0.29) is 36.7 Å². The van der Waals surface area contributed by atoms with Crippen molar-refractivity contribution >= 4 is 11.7 Å². The van der Waals surface area contributed by atoms with Crippen LogP contribution in [0.1, 0.15) is 63.4 Å². The van der Waals surface area contributed by atoms with Crippen molar-refractivity contribution in [1.82, 2.24) is 14.7 Å². The van der Waals surface area contributed by atoms with Gasteiger partial charge in [-0.3, -0.25) is 19.5 Å². The molecule has 2 aromatic carbocycles. The fourth-order valence-corrected chi connectivity index (χ4v) is 4.05. The smallest absolute Gasteiger partial charge is 0.331 e. The molecule has 204 valence electrons. The van der Waals surface area contributed by atoms with Gasteiger partial charge in [0, 0.05) is 17.8 Å². The number of halogens is 6. The van der Waals surface area contributed by atoms with Crippen molar-refractivity contribution in [3.8, 4) is 5.69 Å². The van der Waals surface area contributed by atoms with Gasteiger partial charge in [-0.15, -0.1) is 0 Å². The number of aromatic nitrogens is 2. The van der Waals surface area contributed by atoms with E-state index in [0.717, 1.165) is 10.5 Å². The van der Waals surface area contributed by atoms with Gasteiger partial charge < -0.3 is 4.90 Å². The average Bonchev–Trinajstić information content (AvgIpc) is 3.18. The quantitative estimate of drug-likeness (QED) is 0.289. The summed E-state index contributed by atoms with van der Waals surface area (Å²) in [6.45, 7) is 4.23. The Hall–Kier alpha value is -3.83. The molecule has 1 aromatic heterocycles. The van der Waals surface area contributed by atoms with Crippen LogP contribution in [-0.4, -0.2) is 39.5 Å². The van der Waals surface area contributed by atoms with Crippen molar-refractivity contribution in [2.45, 2.75) is 46.0 Å². The zero-order chi connectivity index (χ0) is 28.4. The Morgan fingerprint density at radius 2 is 1.53 bits per heavy atom. The number of hydrogen-bond donors (Lipinski definition) is 1. The van der Waals surface area contributed by atoms with Gasteiger partial charge in [0.25, 0.3) is 11.5 Å². The van der Waals surface area contributed by atoms with Crippen molar-refractivity contribution in [1.29, 1.82) is 0 Å². The van der Waals surface area contributed by atoms with Crippen LogP contribution >= 0.6 is 0 Å². The second kappa shape index (κ2) is 10.9. The Morgan fingerprint density at radius 3 is 2.03 bits per heavy atom. The third kappa shape index (κ3) is 6.00. The lowest BCUT2D eigenvalue weighted by Gasteiger charge is -2.22. The Kier molecular flexibility index (Phi) is 8.23. The molecule has 1 N–H and O–H groups in total. The van der Waals surface area contributed by atoms with E-state index in [2.05, 4.69) is 5.10 Å². The number of hydrogen-bond acceptors (Lipinski definition) is 3. The molecule has 0 saturated heterocycles. The summed E-state index contributed by atoms with van der Waals surface area (Å²) < 4.78 is 80.9. The number of H-pyrrole nitrogens is 1. The number of nitrogens with zero attached hydrogens (tertiary/aromatic N) is 2. The fourth-order valence-electron chi connectivity index (χ4n) is 4.05. The maximum absolute atomic E-state index is 13.3. The molecular weight excluding hydrogens is 516 g/mol. The number of alkyl halides is 6. The largest absolute Gasteiger partial charge is 0.416 e. The minimum atomic E-state index is -5.14. The van der Waals surface area contributed by atoms with Crippen molar-refractivity contribution in [2.24, 2.45) is 0 Å². The summed E-state index contributed by atoms with van der Waals surface area (Å²) in [7, 11) is 0. The van der Waals surface area contributed by atoms with Crippen LogP contribution in [-0.2, 0) is 18.8 Å². The van der Waals surface area contributed by atoms with Crippen LogP contribution in [0, 0.1) is 6.92 Å². The van der Waals surface area contributed by atoms with Crippen LogP contribution < -0.4 is 5.56 Å². The van der Waals surface area contributed by atoms with E-state index in [0.29, 0.717) is 17.8 Å². The molecule has 0 radical (unpaired) electrons. The van der Waals surface area contributed by atoms with E-state index in [9.17, 15) is 40.7 Å². The molecule has 0 unspecified atom stereocenters. The summed E-state index contributed by atoms with van der Waals surface area (Å²) in [5, 5.41) is 2.88. The molecule has 1 amide bonds. The first kappa shape index (κ1) is 28.7. The minimum Gasteiger partial charge on any atom is -0.331 e. The molecule has 0 aliphatic carbocycles. The van der Waals surface area contributed by atoms with Gasteiger partial charge in [-0.1, -0.05) is 32.0 Å². The predicted molar refractivity (Wildman–Crippen MR) is 127 cm³/mol. The molecule has 6 nitrogen and oxygen atoms in total. The Morgan fingerprint density at radius 1 is 0.947 bits per heavy atom. The summed E-state index contributed by atoms with van der Waals surface area (Å²) in [5.41, 5.74) is -3.53. The number of aryl methyl sites for hydroxylation is 2. The Balaban J connectivity index is 2.02. The molecule has 12 heteroatoms. The van der Waals surface area contributed by atoms with Crippen LogP contribution in [0.3, 0.4) is 0 Å². The molecule has 0 fully saturated rings. The lowest BCUT2D eigenvalue weighted by molar-refractivity contribution is -0.143. The SMILES string of the molecule is CCCN(CC(=O)c1c(CC)[nH]n(-c2ccccc2C)c1=O)C(=O)c1cc(C(F)(F)F)cc(C(F)(F)F)c1. The maximum Gasteiger partial charge on any atom is 0.416 e. The number of para-hydroxylation sites is 1. The average molecular weight is 541 g/mol. The van der Waals surface area contributed by atoms with E-state index in [4.69, 9.17) is 0 Å². The molecule has 0 spiro atoms. The Labute approximate surface area is 213 Å². The van der Waals surface area contributed by atoms with Crippen molar-refractivity contribution < 1.29 is 35.9 Å². The van der Waals surface area contributed by atoms with E-state index >= 15 is 0 Å². The standard InChI is InChI=1S/C26H25F6N3O3/c1-4-10-34(23(37)16-11-17(25(27,28)29)13-18(12-16)26(30,31)32)14-21(36)22-19(5-2)33-35(24(22)38)20-9-7-6-8-15(20)3/h6-9,11-13,33H,4-5,10,14H2,1-3H3. The van der Waals surface area contributed by atoms with Crippen molar-refractivity contribution in [2.75, 3.05) is 13.1 Å². The van der Waals surface area contributed by atoms with Gasteiger partial charge in [0.1, 0.15) is 5.56 Å². The predicted octanol–water partition coefficient (Wildman–Crippen LogP) is 5.81. The molecular formula is C26H25F6N3O3. The lowest BCUT2D eigenvalue weighted by atomic mass is 10.0. The summed E-state index contributed by atoms with van der Waals surface area (Å²) in [6.07, 6.45) is -9.77.